The third-order valence-corrected chi connectivity index (χ3v) is 3.46. The van der Waals surface area contributed by atoms with Crippen LogP contribution < -0.4 is 5.73 Å². The van der Waals surface area contributed by atoms with E-state index in [4.69, 9.17) is 10.8 Å². The Labute approximate surface area is 108 Å². The van der Waals surface area contributed by atoms with Crippen molar-refractivity contribution in [2.24, 2.45) is 0 Å². The topological polar surface area (TPSA) is 75.3 Å². The molecule has 0 amide bonds. The van der Waals surface area contributed by atoms with E-state index in [1.54, 1.807) is 6.07 Å². The second kappa shape index (κ2) is 6.11. The maximum Gasteiger partial charge on any atom is 0.144 e. The molecule has 5 nitrogen and oxygen atoms in total. The van der Waals surface area contributed by atoms with Crippen LogP contribution in [0.3, 0.4) is 0 Å². The summed E-state index contributed by atoms with van der Waals surface area (Å²) in [5, 5.41) is 8.92. The van der Waals surface area contributed by atoms with Crippen LogP contribution in [0.4, 0.5) is 5.82 Å². The van der Waals surface area contributed by atoms with Crippen LogP contribution in [0.1, 0.15) is 37.2 Å². The summed E-state index contributed by atoms with van der Waals surface area (Å²) < 4.78 is 0. The summed E-state index contributed by atoms with van der Waals surface area (Å²) in [6.45, 7) is 4.07. The Kier molecular flexibility index (Phi) is 4.49. The average molecular weight is 250 g/mol. The van der Waals surface area contributed by atoms with E-state index >= 15 is 0 Å². The predicted octanol–water partition coefficient (Wildman–Crippen LogP) is 1.10. The molecule has 1 atom stereocenters. The largest absolute Gasteiger partial charge is 0.396 e. The van der Waals surface area contributed by atoms with Crippen LogP contribution in [0.5, 0.6) is 0 Å². The van der Waals surface area contributed by atoms with Gasteiger partial charge in [-0.2, -0.15) is 0 Å². The minimum atomic E-state index is 0.276. The molecule has 0 radical (unpaired) electrons. The number of aliphatic hydroxyl groups excluding tert-OH is 1. The first-order valence-corrected chi connectivity index (χ1v) is 6.64. The van der Waals surface area contributed by atoms with E-state index < -0.39 is 0 Å². The van der Waals surface area contributed by atoms with E-state index in [-0.39, 0.29) is 6.61 Å². The summed E-state index contributed by atoms with van der Waals surface area (Å²) in [6, 6.07) is 2.35. The molecule has 100 valence electrons. The molecule has 18 heavy (non-hydrogen) atoms. The predicted molar refractivity (Wildman–Crippen MR) is 70.9 cm³/mol. The van der Waals surface area contributed by atoms with Gasteiger partial charge in [0.25, 0.3) is 0 Å². The van der Waals surface area contributed by atoms with Crippen LogP contribution >= 0.6 is 0 Å². The standard InChI is InChI=1S/C13H22N4O/c1-10-8-12(14)16-13(15-10)9-17-6-2-4-11(17)5-3-7-18/h8,11,18H,2-7,9H2,1H3,(H2,14,15,16). The van der Waals surface area contributed by atoms with Crippen molar-refractivity contribution in [2.75, 3.05) is 18.9 Å². The summed E-state index contributed by atoms with van der Waals surface area (Å²) in [5.74, 6) is 1.35. The van der Waals surface area contributed by atoms with E-state index in [9.17, 15) is 0 Å². The van der Waals surface area contributed by atoms with Gasteiger partial charge in [0.1, 0.15) is 11.6 Å². The third kappa shape index (κ3) is 3.40. The molecule has 1 unspecified atom stereocenters. The number of aromatic nitrogens is 2. The molecule has 1 aliphatic rings. The number of hydrogen-bond acceptors (Lipinski definition) is 5. The molecular weight excluding hydrogens is 228 g/mol. The SMILES string of the molecule is Cc1cc(N)nc(CN2CCCC2CCCO)n1. The summed E-state index contributed by atoms with van der Waals surface area (Å²) in [7, 11) is 0. The lowest BCUT2D eigenvalue weighted by molar-refractivity contribution is 0.206. The van der Waals surface area contributed by atoms with Gasteiger partial charge in [0.15, 0.2) is 0 Å². The van der Waals surface area contributed by atoms with Gasteiger partial charge in [-0.25, -0.2) is 9.97 Å². The molecule has 0 spiro atoms. The van der Waals surface area contributed by atoms with Gasteiger partial charge in [0.05, 0.1) is 6.54 Å². The molecule has 1 fully saturated rings. The molecule has 1 aromatic heterocycles. The summed E-state index contributed by atoms with van der Waals surface area (Å²) >= 11 is 0. The van der Waals surface area contributed by atoms with Crippen molar-refractivity contribution >= 4 is 5.82 Å². The van der Waals surface area contributed by atoms with Crippen LogP contribution in [0.2, 0.25) is 0 Å². The number of rotatable bonds is 5. The number of anilines is 1. The highest BCUT2D eigenvalue weighted by Crippen LogP contribution is 2.22. The fourth-order valence-corrected chi connectivity index (χ4v) is 2.67. The number of nitrogens with zero attached hydrogens (tertiary/aromatic N) is 3. The zero-order chi connectivity index (χ0) is 13.0. The van der Waals surface area contributed by atoms with Crippen molar-refractivity contribution in [1.82, 2.24) is 14.9 Å². The fraction of sp³-hybridized carbons (Fsp3) is 0.692. The number of likely N-dealkylation sites (tertiary alicyclic amines) is 1. The van der Waals surface area contributed by atoms with Gasteiger partial charge in [0.2, 0.25) is 0 Å². The Morgan fingerprint density at radius 3 is 3.06 bits per heavy atom. The van der Waals surface area contributed by atoms with Gasteiger partial charge >= 0.3 is 0 Å². The van der Waals surface area contributed by atoms with Crippen molar-refractivity contribution in [3.63, 3.8) is 0 Å². The van der Waals surface area contributed by atoms with Gasteiger partial charge in [-0.05, 0) is 39.2 Å². The maximum atomic E-state index is 8.92. The fourth-order valence-electron chi connectivity index (χ4n) is 2.67. The summed E-state index contributed by atoms with van der Waals surface area (Å²) in [6.07, 6.45) is 4.36. The molecule has 0 aliphatic carbocycles. The lowest BCUT2D eigenvalue weighted by Crippen LogP contribution is -2.30. The second-order valence-corrected chi connectivity index (χ2v) is 4.98. The number of nitrogen functional groups attached to an aromatic ring is 1. The van der Waals surface area contributed by atoms with E-state index in [1.807, 2.05) is 6.92 Å². The molecule has 0 aromatic carbocycles. The lowest BCUT2D eigenvalue weighted by atomic mass is 10.1. The number of aliphatic hydroxyl groups is 1. The zero-order valence-electron chi connectivity index (χ0n) is 11.0. The van der Waals surface area contributed by atoms with Crippen molar-refractivity contribution in [3.05, 3.63) is 17.6 Å². The Morgan fingerprint density at radius 2 is 2.33 bits per heavy atom. The summed E-state index contributed by atoms with van der Waals surface area (Å²) in [4.78, 5) is 11.1. The highest BCUT2D eigenvalue weighted by molar-refractivity contribution is 5.29. The normalized spacial score (nSPS) is 20.4. The summed E-state index contributed by atoms with van der Waals surface area (Å²) in [5.41, 5.74) is 6.67. The molecule has 5 heteroatoms. The maximum absolute atomic E-state index is 8.92. The van der Waals surface area contributed by atoms with Gasteiger partial charge in [-0.15, -0.1) is 0 Å². The Balaban J connectivity index is 1.98. The van der Waals surface area contributed by atoms with Crippen molar-refractivity contribution in [3.8, 4) is 0 Å². The van der Waals surface area contributed by atoms with Crippen LogP contribution in [0, 0.1) is 6.92 Å². The zero-order valence-corrected chi connectivity index (χ0v) is 11.0. The van der Waals surface area contributed by atoms with E-state index in [0.29, 0.717) is 11.9 Å². The first kappa shape index (κ1) is 13.2. The molecule has 1 aliphatic heterocycles. The number of aryl methyl sites for hydroxylation is 1. The highest BCUT2D eigenvalue weighted by Gasteiger charge is 2.24. The van der Waals surface area contributed by atoms with Gasteiger partial charge < -0.3 is 10.8 Å². The van der Waals surface area contributed by atoms with Crippen molar-refractivity contribution in [1.29, 1.82) is 0 Å². The quantitative estimate of drug-likeness (QED) is 0.818. The molecule has 3 N–H and O–H groups in total. The Bertz CT molecular complexity index is 376. The van der Waals surface area contributed by atoms with E-state index in [0.717, 1.165) is 37.4 Å². The second-order valence-electron chi connectivity index (χ2n) is 4.98. The van der Waals surface area contributed by atoms with Gasteiger partial charge in [-0.1, -0.05) is 0 Å². The van der Waals surface area contributed by atoms with Crippen LogP contribution in [0.15, 0.2) is 6.07 Å². The van der Waals surface area contributed by atoms with Crippen LogP contribution in [-0.2, 0) is 6.54 Å². The van der Waals surface area contributed by atoms with E-state index in [1.165, 1.54) is 12.8 Å². The molecular formula is C13H22N4O. The van der Waals surface area contributed by atoms with Crippen LogP contribution in [0.25, 0.3) is 0 Å². The van der Waals surface area contributed by atoms with Crippen LogP contribution in [-0.4, -0.2) is 39.2 Å². The van der Waals surface area contributed by atoms with Crippen molar-refractivity contribution < 1.29 is 5.11 Å². The van der Waals surface area contributed by atoms with Gasteiger partial charge in [-0.3, -0.25) is 4.90 Å². The lowest BCUT2D eigenvalue weighted by Gasteiger charge is -2.23. The monoisotopic (exact) mass is 250 g/mol. The smallest absolute Gasteiger partial charge is 0.144 e. The third-order valence-electron chi connectivity index (χ3n) is 3.46. The van der Waals surface area contributed by atoms with Gasteiger partial charge in [0, 0.05) is 24.4 Å². The molecule has 1 saturated heterocycles. The highest BCUT2D eigenvalue weighted by atomic mass is 16.2. The van der Waals surface area contributed by atoms with E-state index in [2.05, 4.69) is 14.9 Å². The minimum absolute atomic E-state index is 0.276. The molecule has 1 aromatic rings. The molecule has 2 heterocycles. The Hall–Kier alpha value is -1.20. The minimum Gasteiger partial charge on any atom is -0.396 e. The first-order chi connectivity index (χ1) is 8.69. The van der Waals surface area contributed by atoms with Crippen molar-refractivity contribution in [2.45, 2.75) is 45.2 Å². The molecule has 2 rings (SSSR count). The first-order valence-electron chi connectivity index (χ1n) is 6.64. The molecule has 0 bridgehead atoms. The Morgan fingerprint density at radius 1 is 1.50 bits per heavy atom. The number of nitrogens with two attached hydrogens (primary N) is 1. The average Bonchev–Trinajstić information content (AvgIpc) is 2.72. The molecule has 0 saturated carbocycles. The number of hydrogen-bond donors (Lipinski definition) is 2.